The third-order valence-electron chi connectivity index (χ3n) is 1.80. The lowest BCUT2D eigenvalue weighted by atomic mass is 10.2. The number of hydroxylamine groups is 2. The first-order valence-electron chi connectivity index (χ1n) is 3.03. The predicted molar refractivity (Wildman–Crippen MR) is 28.9 cm³/mol. The van der Waals surface area contributed by atoms with E-state index in [0.29, 0.717) is 0 Å². The molecule has 3 atom stereocenters. The van der Waals surface area contributed by atoms with Gasteiger partial charge in [-0.1, -0.05) is 0 Å². The maximum atomic E-state index is 10.5. The number of hydrogen-bond donors (Lipinski definition) is 1. The van der Waals surface area contributed by atoms with Gasteiger partial charge in [0.05, 0.1) is 0 Å². The van der Waals surface area contributed by atoms with Crippen LogP contribution in [-0.4, -0.2) is 23.2 Å². The van der Waals surface area contributed by atoms with Crippen LogP contribution in [0.4, 0.5) is 0 Å². The van der Waals surface area contributed by atoms with Crippen molar-refractivity contribution in [2.24, 2.45) is 5.73 Å². The Balaban J connectivity index is 2.06. The summed E-state index contributed by atoms with van der Waals surface area (Å²) in [7, 11) is 0. The molecule has 2 fully saturated rings. The Morgan fingerprint density at radius 3 is 2.67 bits per heavy atom. The van der Waals surface area contributed by atoms with E-state index in [-0.39, 0.29) is 18.2 Å². The normalized spacial score (nSPS) is 46.4. The molecular weight excluding hydrogens is 120 g/mol. The van der Waals surface area contributed by atoms with Gasteiger partial charge in [-0.05, 0) is 12.8 Å². The molecule has 0 bridgehead atoms. The first-order chi connectivity index (χ1) is 4.29. The van der Waals surface area contributed by atoms with Crippen molar-refractivity contribution in [3.05, 3.63) is 0 Å². The van der Waals surface area contributed by atoms with Crippen molar-refractivity contribution in [2.75, 3.05) is 0 Å². The van der Waals surface area contributed by atoms with Gasteiger partial charge in [0.25, 0.3) is 0 Å². The average Bonchev–Trinajstić information content (AvgIpc) is 2.43. The standard InChI is InChI=1S/C5H8N2O2/c6-5(8)3-1-2-4-7(3)9-4/h3-4H,1-2H2,(H2,6,8)/t3-,4?,7?/m0/s1. The van der Waals surface area contributed by atoms with Crippen LogP contribution in [0.2, 0.25) is 0 Å². The summed E-state index contributed by atoms with van der Waals surface area (Å²) in [5.74, 6) is -0.269. The summed E-state index contributed by atoms with van der Waals surface area (Å²) in [6, 6.07) is -0.144. The summed E-state index contributed by atoms with van der Waals surface area (Å²) in [6.45, 7) is 0. The second-order valence-corrected chi connectivity index (χ2v) is 2.42. The van der Waals surface area contributed by atoms with E-state index >= 15 is 0 Å². The van der Waals surface area contributed by atoms with Crippen LogP contribution in [0.5, 0.6) is 0 Å². The van der Waals surface area contributed by atoms with Crippen LogP contribution in [0.3, 0.4) is 0 Å². The largest absolute Gasteiger partial charge is 0.368 e. The van der Waals surface area contributed by atoms with Gasteiger partial charge in [0.1, 0.15) is 6.04 Å². The first kappa shape index (κ1) is 5.20. The maximum Gasteiger partial charge on any atom is 0.237 e. The van der Waals surface area contributed by atoms with Gasteiger partial charge in [-0.2, -0.15) is 0 Å². The number of hydrogen-bond acceptors (Lipinski definition) is 3. The highest BCUT2D eigenvalue weighted by atomic mass is 16.8. The number of carbonyl (C=O) groups is 1. The minimum atomic E-state index is -0.269. The van der Waals surface area contributed by atoms with Crippen molar-refractivity contribution in [1.82, 2.24) is 5.06 Å². The molecule has 9 heavy (non-hydrogen) atoms. The van der Waals surface area contributed by atoms with Crippen molar-refractivity contribution in [3.8, 4) is 0 Å². The van der Waals surface area contributed by atoms with Crippen LogP contribution in [0.25, 0.3) is 0 Å². The Kier molecular flexibility index (Phi) is 0.841. The summed E-state index contributed by atoms with van der Waals surface area (Å²) in [5.41, 5.74) is 5.05. The maximum absolute atomic E-state index is 10.5. The number of rotatable bonds is 1. The lowest BCUT2D eigenvalue weighted by Gasteiger charge is -2.03. The fourth-order valence-electron chi connectivity index (χ4n) is 1.26. The smallest absolute Gasteiger partial charge is 0.237 e. The SMILES string of the molecule is NC(=O)[C@@H]1CCC2ON21. The van der Waals surface area contributed by atoms with E-state index in [4.69, 9.17) is 10.6 Å². The van der Waals surface area contributed by atoms with Gasteiger partial charge in [-0.25, -0.2) is 0 Å². The molecule has 2 aliphatic rings. The zero-order valence-corrected chi connectivity index (χ0v) is 4.91. The van der Waals surface area contributed by atoms with E-state index < -0.39 is 0 Å². The molecule has 0 aromatic carbocycles. The molecular formula is C5H8N2O2. The molecule has 2 saturated heterocycles. The predicted octanol–water partition coefficient (Wildman–Crippen LogP) is -0.793. The first-order valence-corrected chi connectivity index (χ1v) is 3.03. The van der Waals surface area contributed by atoms with Gasteiger partial charge < -0.3 is 5.73 Å². The monoisotopic (exact) mass is 128 g/mol. The molecule has 0 spiro atoms. The molecule has 0 aromatic heterocycles. The van der Waals surface area contributed by atoms with E-state index in [1.54, 1.807) is 5.06 Å². The van der Waals surface area contributed by atoms with Gasteiger partial charge in [-0.15, -0.1) is 5.06 Å². The second kappa shape index (κ2) is 1.46. The molecule has 0 aromatic rings. The highest BCUT2D eigenvalue weighted by Gasteiger charge is 2.50. The summed E-state index contributed by atoms with van der Waals surface area (Å²) < 4.78 is 0. The molecule has 2 rings (SSSR count). The summed E-state index contributed by atoms with van der Waals surface area (Å²) in [4.78, 5) is 15.5. The highest BCUT2D eigenvalue weighted by Crippen LogP contribution is 2.36. The minimum absolute atomic E-state index is 0.144. The molecule has 0 aliphatic carbocycles. The van der Waals surface area contributed by atoms with Gasteiger partial charge in [0.2, 0.25) is 5.91 Å². The van der Waals surface area contributed by atoms with E-state index in [1.807, 2.05) is 0 Å². The van der Waals surface area contributed by atoms with Crippen LogP contribution in [-0.2, 0) is 9.63 Å². The van der Waals surface area contributed by atoms with Crippen molar-refractivity contribution in [2.45, 2.75) is 25.1 Å². The van der Waals surface area contributed by atoms with Crippen LogP contribution < -0.4 is 5.73 Å². The average molecular weight is 128 g/mol. The third-order valence-corrected chi connectivity index (χ3v) is 1.80. The third kappa shape index (κ3) is 0.635. The number of carbonyl (C=O) groups excluding carboxylic acids is 1. The van der Waals surface area contributed by atoms with Crippen molar-refractivity contribution >= 4 is 5.91 Å². The zero-order chi connectivity index (χ0) is 6.43. The minimum Gasteiger partial charge on any atom is -0.368 e. The molecule has 4 nitrogen and oxygen atoms in total. The van der Waals surface area contributed by atoms with Crippen LogP contribution in [0, 0.1) is 0 Å². The molecule has 2 aliphatic heterocycles. The van der Waals surface area contributed by atoms with E-state index in [2.05, 4.69) is 0 Å². The molecule has 1 amide bonds. The molecule has 2 unspecified atom stereocenters. The Morgan fingerprint density at radius 2 is 2.44 bits per heavy atom. The van der Waals surface area contributed by atoms with Gasteiger partial charge in [0.15, 0.2) is 6.23 Å². The number of fused-ring (bicyclic) bond motifs is 1. The summed E-state index contributed by atoms with van der Waals surface area (Å²) in [5, 5.41) is 1.67. The quantitative estimate of drug-likeness (QED) is 0.471. The molecule has 2 N–H and O–H groups in total. The van der Waals surface area contributed by atoms with Crippen LogP contribution in [0.1, 0.15) is 12.8 Å². The Hall–Kier alpha value is -0.610. The molecule has 2 heterocycles. The van der Waals surface area contributed by atoms with Crippen LogP contribution >= 0.6 is 0 Å². The summed E-state index contributed by atoms with van der Waals surface area (Å²) >= 11 is 0. The number of amides is 1. The van der Waals surface area contributed by atoms with Crippen molar-refractivity contribution in [1.29, 1.82) is 0 Å². The van der Waals surface area contributed by atoms with Crippen LogP contribution in [0.15, 0.2) is 0 Å². The van der Waals surface area contributed by atoms with Crippen molar-refractivity contribution in [3.63, 3.8) is 0 Å². The molecule has 0 saturated carbocycles. The highest BCUT2D eigenvalue weighted by molar-refractivity contribution is 5.80. The fourth-order valence-corrected chi connectivity index (χ4v) is 1.26. The van der Waals surface area contributed by atoms with E-state index in [0.717, 1.165) is 12.8 Å². The Bertz CT molecular complexity index is 159. The van der Waals surface area contributed by atoms with Gasteiger partial charge in [0, 0.05) is 0 Å². The second-order valence-electron chi connectivity index (χ2n) is 2.42. The molecule has 4 heteroatoms. The van der Waals surface area contributed by atoms with E-state index in [9.17, 15) is 4.79 Å². The summed E-state index contributed by atoms with van der Waals surface area (Å²) in [6.07, 6.45) is 2.02. The number of nitrogens with zero attached hydrogens (tertiary/aromatic N) is 1. The Morgan fingerprint density at radius 1 is 1.67 bits per heavy atom. The lowest BCUT2D eigenvalue weighted by Crippen LogP contribution is -2.32. The van der Waals surface area contributed by atoms with Gasteiger partial charge in [-0.3, -0.25) is 9.63 Å². The molecule has 50 valence electrons. The Labute approximate surface area is 52.5 Å². The van der Waals surface area contributed by atoms with Crippen molar-refractivity contribution < 1.29 is 9.63 Å². The number of nitrogens with two attached hydrogens (primary N) is 1. The van der Waals surface area contributed by atoms with Gasteiger partial charge >= 0.3 is 0 Å². The zero-order valence-electron chi connectivity index (χ0n) is 4.91. The molecule has 0 radical (unpaired) electrons. The topological polar surface area (TPSA) is 58.6 Å². The lowest BCUT2D eigenvalue weighted by molar-refractivity contribution is -0.123. The van der Waals surface area contributed by atoms with E-state index in [1.165, 1.54) is 0 Å². The number of primary amides is 1. The fraction of sp³-hybridized carbons (Fsp3) is 0.800.